The summed E-state index contributed by atoms with van der Waals surface area (Å²) in [4.78, 5) is 23.4. The summed E-state index contributed by atoms with van der Waals surface area (Å²) < 4.78 is 13.5. The number of rotatable bonds is 3. The highest BCUT2D eigenvalue weighted by molar-refractivity contribution is 6.39. The Labute approximate surface area is 132 Å². The van der Waals surface area contributed by atoms with Crippen molar-refractivity contribution in [2.24, 2.45) is 5.92 Å². The molecule has 22 heavy (non-hydrogen) atoms. The molecule has 120 valence electrons. The van der Waals surface area contributed by atoms with Crippen LogP contribution >= 0.6 is 11.6 Å². The Morgan fingerprint density at radius 3 is 2.68 bits per heavy atom. The molecule has 0 aromatic heterocycles. The van der Waals surface area contributed by atoms with Gasteiger partial charge in [-0.1, -0.05) is 24.4 Å². The Bertz CT molecular complexity index is 568. The predicted molar refractivity (Wildman–Crippen MR) is 81.0 cm³/mol. The average Bonchev–Trinajstić information content (AvgIpc) is 2.49. The fourth-order valence-corrected chi connectivity index (χ4v) is 2.66. The molecule has 1 aromatic rings. The molecule has 0 radical (unpaired) electrons. The largest absolute Gasteiger partial charge is 0.393 e. The zero-order valence-electron chi connectivity index (χ0n) is 11.9. The van der Waals surface area contributed by atoms with Gasteiger partial charge in [0.25, 0.3) is 0 Å². The van der Waals surface area contributed by atoms with Crippen molar-refractivity contribution in [3.8, 4) is 0 Å². The molecule has 1 saturated carbocycles. The molecule has 1 aromatic carbocycles. The topological polar surface area (TPSA) is 78.4 Å². The van der Waals surface area contributed by atoms with E-state index in [2.05, 4.69) is 10.6 Å². The Morgan fingerprint density at radius 2 is 2.00 bits per heavy atom. The highest BCUT2D eigenvalue weighted by Crippen LogP contribution is 2.23. The third kappa shape index (κ3) is 4.42. The molecule has 2 atom stereocenters. The summed E-state index contributed by atoms with van der Waals surface area (Å²) in [5.74, 6) is -2.56. The molecule has 7 heteroatoms. The standard InChI is InChI=1S/C15H18ClFN2O3/c16-10-5-6-12(11(17)7-10)19-15(22)14(21)18-8-9-3-1-2-4-13(9)20/h5-7,9,13,20H,1-4,8H2,(H,18,21)(H,19,22). The van der Waals surface area contributed by atoms with E-state index in [9.17, 15) is 19.1 Å². The van der Waals surface area contributed by atoms with Crippen LogP contribution in [0.2, 0.25) is 5.02 Å². The van der Waals surface area contributed by atoms with E-state index in [0.29, 0.717) is 6.42 Å². The minimum absolute atomic E-state index is 0.0437. The molecule has 0 bridgehead atoms. The SMILES string of the molecule is O=C(NCC1CCCCC1O)C(=O)Nc1ccc(Cl)cc1F. The van der Waals surface area contributed by atoms with Gasteiger partial charge < -0.3 is 15.7 Å². The molecular weight excluding hydrogens is 311 g/mol. The molecule has 0 aliphatic heterocycles. The Balaban J connectivity index is 1.85. The van der Waals surface area contributed by atoms with Crippen molar-refractivity contribution >= 4 is 29.1 Å². The van der Waals surface area contributed by atoms with Gasteiger partial charge in [-0.25, -0.2) is 4.39 Å². The fourth-order valence-electron chi connectivity index (χ4n) is 2.50. The normalized spacial score (nSPS) is 21.2. The molecule has 2 amide bonds. The van der Waals surface area contributed by atoms with Gasteiger partial charge in [-0.05, 0) is 31.0 Å². The van der Waals surface area contributed by atoms with Crippen LogP contribution in [0.4, 0.5) is 10.1 Å². The van der Waals surface area contributed by atoms with E-state index in [4.69, 9.17) is 11.6 Å². The quantitative estimate of drug-likeness (QED) is 0.743. The molecule has 1 aliphatic carbocycles. The van der Waals surface area contributed by atoms with Crippen molar-refractivity contribution in [3.05, 3.63) is 29.0 Å². The van der Waals surface area contributed by atoms with Crippen LogP contribution in [0.5, 0.6) is 0 Å². The van der Waals surface area contributed by atoms with E-state index >= 15 is 0 Å². The number of aliphatic hydroxyl groups excluding tert-OH is 1. The van der Waals surface area contributed by atoms with E-state index in [1.165, 1.54) is 12.1 Å². The highest BCUT2D eigenvalue weighted by Gasteiger charge is 2.24. The number of halogens is 2. The summed E-state index contributed by atoms with van der Waals surface area (Å²) in [6.45, 7) is 0.233. The molecular formula is C15H18ClFN2O3. The van der Waals surface area contributed by atoms with E-state index in [1.807, 2.05) is 0 Å². The van der Waals surface area contributed by atoms with Gasteiger partial charge in [-0.15, -0.1) is 0 Å². The molecule has 0 heterocycles. The van der Waals surface area contributed by atoms with E-state index < -0.39 is 23.7 Å². The van der Waals surface area contributed by atoms with Crippen molar-refractivity contribution in [2.75, 3.05) is 11.9 Å². The second-order valence-electron chi connectivity index (χ2n) is 5.40. The molecule has 3 N–H and O–H groups in total. The lowest BCUT2D eigenvalue weighted by Crippen LogP contribution is -2.41. The van der Waals surface area contributed by atoms with Gasteiger partial charge >= 0.3 is 11.8 Å². The van der Waals surface area contributed by atoms with Crippen LogP contribution in [0.3, 0.4) is 0 Å². The molecule has 5 nitrogen and oxygen atoms in total. The number of benzene rings is 1. The maximum absolute atomic E-state index is 13.5. The summed E-state index contributed by atoms with van der Waals surface area (Å²) in [7, 11) is 0. The van der Waals surface area contributed by atoms with Gasteiger partial charge in [0, 0.05) is 17.5 Å². The van der Waals surface area contributed by atoms with Crippen LogP contribution in [0.25, 0.3) is 0 Å². The summed E-state index contributed by atoms with van der Waals surface area (Å²) >= 11 is 5.61. The number of anilines is 1. The first-order valence-electron chi connectivity index (χ1n) is 7.19. The Kier molecular flexibility index (Phi) is 5.74. The van der Waals surface area contributed by atoms with Gasteiger partial charge in [-0.3, -0.25) is 9.59 Å². The molecule has 0 saturated heterocycles. The molecule has 0 spiro atoms. The van der Waals surface area contributed by atoms with E-state index in [-0.39, 0.29) is 23.2 Å². The van der Waals surface area contributed by atoms with Gasteiger partial charge in [0.15, 0.2) is 0 Å². The number of nitrogens with one attached hydrogen (secondary N) is 2. The molecule has 1 aliphatic rings. The lowest BCUT2D eigenvalue weighted by molar-refractivity contribution is -0.136. The van der Waals surface area contributed by atoms with Crippen LogP contribution in [-0.4, -0.2) is 29.6 Å². The minimum Gasteiger partial charge on any atom is -0.393 e. The van der Waals surface area contributed by atoms with Crippen molar-refractivity contribution in [2.45, 2.75) is 31.8 Å². The molecule has 2 rings (SSSR count). The smallest absolute Gasteiger partial charge is 0.313 e. The van der Waals surface area contributed by atoms with Crippen molar-refractivity contribution in [3.63, 3.8) is 0 Å². The summed E-state index contributed by atoms with van der Waals surface area (Å²) in [6.07, 6.45) is 3.05. The minimum atomic E-state index is -0.952. The molecule has 1 fully saturated rings. The third-order valence-electron chi connectivity index (χ3n) is 3.78. The van der Waals surface area contributed by atoms with Crippen molar-refractivity contribution in [1.29, 1.82) is 0 Å². The van der Waals surface area contributed by atoms with Crippen LogP contribution in [-0.2, 0) is 9.59 Å². The van der Waals surface area contributed by atoms with Crippen molar-refractivity contribution < 1.29 is 19.1 Å². The Hall–Kier alpha value is -1.66. The van der Waals surface area contributed by atoms with Gasteiger partial charge in [0.1, 0.15) is 5.82 Å². The number of aliphatic hydroxyl groups is 1. The van der Waals surface area contributed by atoms with Crippen LogP contribution in [0.15, 0.2) is 18.2 Å². The first-order chi connectivity index (χ1) is 10.5. The van der Waals surface area contributed by atoms with Gasteiger partial charge in [0.05, 0.1) is 11.8 Å². The maximum Gasteiger partial charge on any atom is 0.313 e. The lowest BCUT2D eigenvalue weighted by Gasteiger charge is -2.27. The lowest BCUT2D eigenvalue weighted by atomic mass is 9.86. The van der Waals surface area contributed by atoms with Crippen LogP contribution in [0, 0.1) is 11.7 Å². The maximum atomic E-state index is 13.5. The monoisotopic (exact) mass is 328 g/mol. The number of hydrogen-bond donors (Lipinski definition) is 3. The predicted octanol–water partition coefficient (Wildman–Crippen LogP) is 2.08. The highest BCUT2D eigenvalue weighted by atomic mass is 35.5. The van der Waals surface area contributed by atoms with E-state index in [0.717, 1.165) is 25.3 Å². The summed E-state index contributed by atoms with van der Waals surface area (Å²) in [5, 5.41) is 14.7. The first kappa shape index (κ1) is 16.7. The van der Waals surface area contributed by atoms with Crippen molar-refractivity contribution in [1.82, 2.24) is 5.32 Å². The number of carbonyl (C=O) groups excluding carboxylic acids is 2. The Morgan fingerprint density at radius 1 is 1.27 bits per heavy atom. The van der Waals surface area contributed by atoms with Gasteiger partial charge in [0.2, 0.25) is 0 Å². The first-order valence-corrected chi connectivity index (χ1v) is 7.57. The zero-order chi connectivity index (χ0) is 16.1. The summed E-state index contributed by atoms with van der Waals surface area (Å²) in [5.41, 5.74) is -0.109. The van der Waals surface area contributed by atoms with Crippen LogP contribution in [0.1, 0.15) is 25.7 Å². The molecule has 2 unspecified atom stereocenters. The number of carbonyl (C=O) groups is 2. The van der Waals surface area contributed by atoms with E-state index in [1.54, 1.807) is 0 Å². The second-order valence-corrected chi connectivity index (χ2v) is 5.84. The zero-order valence-corrected chi connectivity index (χ0v) is 12.7. The van der Waals surface area contributed by atoms with Crippen LogP contribution < -0.4 is 10.6 Å². The number of amides is 2. The average molecular weight is 329 g/mol. The summed E-state index contributed by atoms with van der Waals surface area (Å²) in [6, 6.07) is 3.75. The van der Waals surface area contributed by atoms with Gasteiger partial charge in [-0.2, -0.15) is 0 Å². The third-order valence-corrected chi connectivity index (χ3v) is 4.01. The number of hydrogen-bond acceptors (Lipinski definition) is 3. The second kappa shape index (κ2) is 7.56. The fraction of sp³-hybridized carbons (Fsp3) is 0.467.